The van der Waals surface area contributed by atoms with Crippen molar-refractivity contribution in [3.63, 3.8) is 0 Å². The maximum atomic E-state index is 5.67. The molecule has 0 spiro atoms. The minimum Gasteiger partial charge on any atom is -0.490 e. The number of rotatable bonds is 5. The predicted octanol–water partition coefficient (Wildman–Crippen LogP) is 1.71. The molecule has 1 aliphatic rings. The summed E-state index contributed by atoms with van der Waals surface area (Å²) in [5, 5.41) is 4.18. The SMILES string of the molecule is COc1c(N)nsc1NCC1(OC)CCC1. The molecule has 0 bridgehead atoms. The molecule has 0 unspecified atom stereocenters. The first-order chi connectivity index (χ1) is 7.71. The third-order valence-corrected chi connectivity index (χ3v) is 3.95. The van der Waals surface area contributed by atoms with Gasteiger partial charge in [0.2, 0.25) is 0 Å². The highest BCUT2D eigenvalue weighted by Gasteiger charge is 2.37. The predicted molar refractivity (Wildman–Crippen MR) is 65.2 cm³/mol. The third kappa shape index (κ3) is 1.94. The number of nitrogen functional groups attached to an aromatic ring is 1. The molecule has 0 saturated heterocycles. The molecule has 90 valence electrons. The quantitative estimate of drug-likeness (QED) is 0.824. The van der Waals surface area contributed by atoms with Crippen LogP contribution < -0.4 is 15.8 Å². The number of methoxy groups -OCH3 is 2. The van der Waals surface area contributed by atoms with E-state index in [1.54, 1.807) is 14.2 Å². The summed E-state index contributed by atoms with van der Waals surface area (Å²) in [7, 11) is 3.36. The largest absolute Gasteiger partial charge is 0.490 e. The van der Waals surface area contributed by atoms with Crippen molar-refractivity contribution in [2.24, 2.45) is 0 Å². The van der Waals surface area contributed by atoms with Crippen molar-refractivity contribution in [2.45, 2.75) is 24.9 Å². The maximum Gasteiger partial charge on any atom is 0.197 e. The summed E-state index contributed by atoms with van der Waals surface area (Å²) < 4.78 is 14.8. The average Bonchev–Trinajstić information content (AvgIpc) is 2.58. The van der Waals surface area contributed by atoms with E-state index in [-0.39, 0.29) is 5.60 Å². The molecule has 1 aliphatic carbocycles. The lowest BCUT2D eigenvalue weighted by atomic mass is 9.80. The van der Waals surface area contributed by atoms with Gasteiger partial charge in [-0.3, -0.25) is 0 Å². The number of anilines is 2. The van der Waals surface area contributed by atoms with Gasteiger partial charge in [0.1, 0.15) is 0 Å². The zero-order chi connectivity index (χ0) is 11.6. The Morgan fingerprint density at radius 2 is 2.25 bits per heavy atom. The van der Waals surface area contributed by atoms with Gasteiger partial charge in [-0.25, -0.2) is 0 Å². The van der Waals surface area contributed by atoms with Crippen LogP contribution in [0.2, 0.25) is 0 Å². The van der Waals surface area contributed by atoms with Crippen LogP contribution in [0, 0.1) is 0 Å². The van der Waals surface area contributed by atoms with E-state index in [4.69, 9.17) is 15.2 Å². The molecule has 1 heterocycles. The van der Waals surface area contributed by atoms with Crippen molar-refractivity contribution in [3.8, 4) is 5.75 Å². The molecule has 1 aromatic rings. The summed E-state index contributed by atoms with van der Waals surface area (Å²) >= 11 is 1.32. The van der Waals surface area contributed by atoms with E-state index in [1.165, 1.54) is 18.0 Å². The summed E-state index contributed by atoms with van der Waals surface area (Å²) in [6.07, 6.45) is 3.44. The average molecular weight is 243 g/mol. The fourth-order valence-corrected chi connectivity index (χ4v) is 2.55. The molecular weight excluding hydrogens is 226 g/mol. The monoisotopic (exact) mass is 243 g/mol. The second-order valence-corrected chi connectivity index (χ2v) is 4.80. The topological polar surface area (TPSA) is 69.4 Å². The molecule has 1 aromatic heterocycles. The van der Waals surface area contributed by atoms with E-state index < -0.39 is 0 Å². The Morgan fingerprint density at radius 3 is 2.75 bits per heavy atom. The highest BCUT2D eigenvalue weighted by atomic mass is 32.1. The van der Waals surface area contributed by atoms with Gasteiger partial charge in [0.05, 0.1) is 12.7 Å². The number of hydrogen-bond donors (Lipinski definition) is 2. The van der Waals surface area contributed by atoms with Crippen LogP contribution in [0.4, 0.5) is 10.8 Å². The molecule has 0 radical (unpaired) electrons. The van der Waals surface area contributed by atoms with Crippen molar-refractivity contribution in [1.82, 2.24) is 4.37 Å². The van der Waals surface area contributed by atoms with Gasteiger partial charge in [-0.15, -0.1) is 0 Å². The number of nitrogens with zero attached hydrogens (tertiary/aromatic N) is 1. The smallest absolute Gasteiger partial charge is 0.197 e. The van der Waals surface area contributed by atoms with Crippen LogP contribution in [0.15, 0.2) is 0 Å². The zero-order valence-corrected chi connectivity index (χ0v) is 10.4. The third-order valence-electron chi connectivity index (χ3n) is 3.15. The van der Waals surface area contributed by atoms with E-state index in [1.807, 2.05) is 0 Å². The molecule has 0 amide bonds. The Balaban J connectivity index is 1.98. The first kappa shape index (κ1) is 11.5. The summed E-state index contributed by atoms with van der Waals surface area (Å²) in [5.41, 5.74) is 5.66. The minimum atomic E-state index is -0.0102. The molecule has 2 rings (SSSR count). The summed E-state index contributed by atoms with van der Waals surface area (Å²) in [6.45, 7) is 0.779. The van der Waals surface area contributed by atoms with Crippen LogP contribution >= 0.6 is 11.5 Å². The molecular formula is C10H17N3O2S. The fraction of sp³-hybridized carbons (Fsp3) is 0.700. The lowest BCUT2D eigenvalue weighted by Crippen LogP contribution is -2.45. The van der Waals surface area contributed by atoms with Gasteiger partial charge in [0.25, 0.3) is 0 Å². The Morgan fingerprint density at radius 1 is 1.50 bits per heavy atom. The van der Waals surface area contributed by atoms with E-state index >= 15 is 0 Å². The van der Waals surface area contributed by atoms with E-state index in [2.05, 4.69) is 9.69 Å². The van der Waals surface area contributed by atoms with Crippen molar-refractivity contribution in [3.05, 3.63) is 0 Å². The van der Waals surface area contributed by atoms with Crippen molar-refractivity contribution < 1.29 is 9.47 Å². The molecule has 0 aromatic carbocycles. The first-order valence-corrected chi connectivity index (χ1v) is 6.06. The Bertz CT molecular complexity index is 357. The molecule has 16 heavy (non-hydrogen) atoms. The van der Waals surface area contributed by atoms with E-state index in [9.17, 15) is 0 Å². The summed E-state index contributed by atoms with van der Waals surface area (Å²) in [6, 6.07) is 0. The van der Waals surface area contributed by atoms with Gasteiger partial charge in [-0.05, 0) is 30.8 Å². The summed E-state index contributed by atoms with van der Waals surface area (Å²) in [5.74, 6) is 1.07. The van der Waals surface area contributed by atoms with Gasteiger partial charge < -0.3 is 20.5 Å². The highest BCUT2D eigenvalue weighted by Crippen LogP contribution is 2.38. The Labute approximate surface area is 99.1 Å². The van der Waals surface area contributed by atoms with Crippen LogP contribution in [0.1, 0.15) is 19.3 Å². The second kappa shape index (κ2) is 4.47. The van der Waals surface area contributed by atoms with Crippen molar-refractivity contribution in [1.29, 1.82) is 0 Å². The van der Waals surface area contributed by atoms with Crippen LogP contribution in [-0.2, 0) is 4.74 Å². The first-order valence-electron chi connectivity index (χ1n) is 5.29. The van der Waals surface area contributed by atoms with Gasteiger partial charge in [-0.2, -0.15) is 4.37 Å². The Hall–Kier alpha value is -1.01. The van der Waals surface area contributed by atoms with Gasteiger partial charge >= 0.3 is 0 Å². The fourth-order valence-electron chi connectivity index (χ4n) is 1.87. The Kier molecular flexibility index (Phi) is 3.20. The minimum absolute atomic E-state index is 0.0102. The second-order valence-electron chi connectivity index (χ2n) is 4.02. The van der Waals surface area contributed by atoms with Crippen molar-refractivity contribution in [2.75, 3.05) is 31.8 Å². The number of aromatic nitrogens is 1. The summed E-state index contributed by atoms with van der Waals surface area (Å²) in [4.78, 5) is 0. The number of nitrogens with one attached hydrogen (secondary N) is 1. The van der Waals surface area contributed by atoms with E-state index in [0.29, 0.717) is 11.6 Å². The van der Waals surface area contributed by atoms with Gasteiger partial charge in [-0.1, -0.05) is 0 Å². The number of hydrogen-bond acceptors (Lipinski definition) is 6. The molecule has 5 nitrogen and oxygen atoms in total. The molecule has 0 aliphatic heterocycles. The lowest BCUT2D eigenvalue weighted by Gasteiger charge is -2.40. The molecule has 3 N–H and O–H groups in total. The molecule has 0 atom stereocenters. The number of nitrogens with two attached hydrogens (primary N) is 1. The van der Waals surface area contributed by atoms with Crippen LogP contribution in [0.3, 0.4) is 0 Å². The molecule has 1 fully saturated rings. The van der Waals surface area contributed by atoms with Crippen LogP contribution in [0.25, 0.3) is 0 Å². The standard InChI is InChI=1S/C10H17N3O2S/c1-14-7-8(11)13-16-9(7)12-6-10(15-2)4-3-5-10/h12H,3-6H2,1-2H3,(H2,11,13). The molecule has 6 heteroatoms. The number of ether oxygens (including phenoxy) is 2. The normalized spacial score (nSPS) is 17.9. The highest BCUT2D eigenvalue weighted by molar-refractivity contribution is 7.11. The zero-order valence-electron chi connectivity index (χ0n) is 9.58. The van der Waals surface area contributed by atoms with Crippen LogP contribution in [-0.4, -0.2) is 30.7 Å². The molecule has 1 saturated carbocycles. The van der Waals surface area contributed by atoms with Crippen LogP contribution in [0.5, 0.6) is 5.75 Å². The maximum absolute atomic E-state index is 5.67. The van der Waals surface area contributed by atoms with Gasteiger partial charge in [0, 0.05) is 13.7 Å². The van der Waals surface area contributed by atoms with E-state index in [0.717, 1.165) is 24.4 Å². The van der Waals surface area contributed by atoms with Crippen molar-refractivity contribution >= 4 is 22.4 Å². The lowest BCUT2D eigenvalue weighted by molar-refractivity contribution is -0.0600. The van der Waals surface area contributed by atoms with Gasteiger partial charge in [0.15, 0.2) is 16.6 Å².